The van der Waals surface area contributed by atoms with Gasteiger partial charge in [-0.1, -0.05) is 15.9 Å². The van der Waals surface area contributed by atoms with E-state index in [4.69, 9.17) is 14.2 Å². The van der Waals surface area contributed by atoms with Gasteiger partial charge in [-0.2, -0.15) is 21.6 Å². The number of allylic oxidation sites excluding steroid dienone is 1. The Bertz CT molecular complexity index is 989. The molecule has 1 unspecified atom stereocenters. The third-order valence-electron chi connectivity index (χ3n) is 5.05. The quantitative estimate of drug-likeness (QED) is 0.291. The van der Waals surface area contributed by atoms with Crippen molar-refractivity contribution in [3.8, 4) is 11.5 Å². The van der Waals surface area contributed by atoms with Gasteiger partial charge in [0.2, 0.25) is 0 Å². The van der Waals surface area contributed by atoms with Crippen LogP contribution in [0.3, 0.4) is 0 Å². The second kappa shape index (κ2) is 9.27. The molecule has 1 aromatic rings. The summed E-state index contributed by atoms with van der Waals surface area (Å²) < 4.78 is 83.0. The van der Waals surface area contributed by atoms with Crippen molar-refractivity contribution in [1.82, 2.24) is 0 Å². The Morgan fingerprint density at radius 1 is 1.16 bits per heavy atom. The summed E-state index contributed by atoms with van der Waals surface area (Å²) in [6.07, 6.45) is 0.732. The molecule has 0 spiro atoms. The Morgan fingerprint density at radius 2 is 1.74 bits per heavy atom. The summed E-state index contributed by atoms with van der Waals surface area (Å²) in [4.78, 5) is 12.4. The van der Waals surface area contributed by atoms with Gasteiger partial charge in [-0.3, -0.25) is 4.79 Å². The molecule has 0 N–H and O–H groups in total. The van der Waals surface area contributed by atoms with E-state index < -0.39 is 32.8 Å². The van der Waals surface area contributed by atoms with Crippen LogP contribution < -0.4 is 9.47 Å². The van der Waals surface area contributed by atoms with E-state index in [9.17, 15) is 26.4 Å². The fourth-order valence-electron chi connectivity index (χ4n) is 3.43. The number of methoxy groups -OCH3 is 3. The van der Waals surface area contributed by atoms with Gasteiger partial charge >= 0.3 is 21.6 Å². The summed E-state index contributed by atoms with van der Waals surface area (Å²) in [6, 6.07) is 3.22. The second-order valence-corrected chi connectivity index (χ2v) is 9.46. The number of hydrogen-bond acceptors (Lipinski definition) is 7. The van der Waals surface area contributed by atoms with Crippen LogP contribution in [0.1, 0.15) is 31.7 Å². The molecule has 12 heteroatoms. The maximum Gasteiger partial charge on any atom is 0.534 e. The molecule has 0 bridgehead atoms. The number of ether oxygens (including phenoxy) is 3. The number of carbonyl (C=O) groups is 1. The minimum atomic E-state index is -5.99. The highest BCUT2D eigenvalue weighted by atomic mass is 79.9. The summed E-state index contributed by atoms with van der Waals surface area (Å²) >= 11 is 3.37. The molecule has 1 aromatic carbocycles. The molecule has 0 aromatic heterocycles. The first-order valence-electron chi connectivity index (χ1n) is 9.02. The molecule has 31 heavy (non-hydrogen) atoms. The molecule has 0 radical (unpaired) electrons. The van der Waals surface area contributed by atoms with E-state index in [0.29, 0.717) is 28.0 Å². The summed E-state index contributed by atoms with van der Waals surface area (Å²) in [5.74, 6) is -0.655. The lowest BCUT2D eigenvalue weighted by Crippen LogP contribution is -2.38. The van der Waals surface area contributed by atoms with E-state index in [1.165, 1.54) is 21.1 Å². The SMILES string of the molecule is COC(=O)C1(C)CCCC(Cc2cc(OC)c(OC)cc2Br)=C1OS(=O)(=O)C(F)(F)F. The van der Waals surface area contributed by atoms with Crippen LogP contribution in [-0.4, -0.2) is 41.2 Å². The van der Waals surface area contributed by atoms with Crippen molar-refractivity contribution in [2.75, 3.05) is 21.3 Å². The molecule has 1 atom stereocenters. The van der Waals surface area contributed by atoms with E-state index >= 15 is 0 Å². The van der Waals surface area contributed by atoms with Gasteiger partial charge in [-0.15, -0.1) is 0 Å². The van der Waals surface area contributed by atoms with Gasteiger partial charge in [0.15, 0.2) is 11.5 Å². The maximum atomic E-state index is 13.0. The molecule has 1 aliphatic carbocycles. The molecule has 7 nitrogen and oxygen atoms in total. The van der Waals surface area contributed by atoms with E-state index in [2.05, 4.69) is 20.1 Å². The summed E-state index contributed by atoms with van der Waals surface area (Å²) in [7, 11) is -2.05. The number of hydrogen-bond donors (Lipinski definition) is 0. The van der Waals surface area contributed by atoms with Crippen molar-refractivity contribution in [3.63, 3.8) is 0 Å². The fourth-order valence-corrected chi connectivity index (χ4v) is 4.51. The zero-order valence-electron chi connectivity index (χ0n) is 17.3. The lowest BCUT2D eigenvalue weighted by molar-refractivity contribution is -0.151. The highest BCUT2D eigenvalue weighted by molar-refractivity contribution is 9.10. The number of alkyl halides is 3. The topological polar surface area (TPSA) is 88.1 Å². The van der Waals surface area contributed by atoms with Gasteiger partial charge in [0.05, 0.1) is 21.3 Å². The molecular formula is C19H22BrF3O7S. The Labute approximate surface area is 186 Å². The van der Waals surface area contributed by atoms with E-state index in [0.717, 1.165) is 7.11 Å². The highest BCUT2D eigenvalue weighted by Crippen LogP contribution is 2.46. The molecular weight excluding hydrogens is 509 g/mol. The van der Waals surface area contributed by atoms with Crippen molar-refractivity contribution >= 4 is 32.0 Å². The zero-order valence-corrected chi connectivity index (χ0v) is 19.7. The van der Waals surface area contributed by atoms with Crippen molar-refractivity contribution in [1.29, 1.82) is 0 Å². The molecule has 0 amide bonds. The highest BCUT2D eigenvalue weighted by Gasteiger charge is 2.53. The van der Waals surface area contributed by atoms with Gasteiger partial charge in [-0.05, 0) is 55.9 Å². The molecule has 0 fully saturated rings. The monoisotopic (exact) mass is 530 g/mol. The van der Waals surface area contributed by atoms with Crippen molar-refractivity contribution < 1.29 is 44.8 Å². The number of carbonyl (C=O) groups excluding carboxylic acids is 1. The molecule has 174 valence electrons. The first kappa shape index (κ1) is 25.3. The van der Waals surface area contributed by atoms with Gasteiger partial charge < -0.3 is 18.4 Å². The van der Waals surface area contributed by atoms with Gasteiger partial charge in [-0.25, -0.2) is 0 Å². The lowest BCUT2D eigenvalue weighted by Gasteiger charge is -2.34. The largest absolute Gasteiger partial charge is 0.534 e. The third kappa shape index (κ3) is 5.11. The second-order valence-electron chi connectivity index (χ2n) is 7.07. The van der Waals surface area contributed by atoms with E-state index in [1.54, 1.807) is 12.1 Å². The number of halogens is 4. The standard InChI is InChI=1S/C19H22BrF3O7S/c1-18(17(24)29-4)7-5-6-11(16(18)30-31(25,26)19(21,22)23)8-12-9-14(27-2)15(28-3)10-13(12)20/h9-10H,5-8H2,1-4H3. The number of rotatable bonds is 7. The first-order valence-corrected chi connectivity index (χ1v) is 11.2. The average molecular weight is 531 g/mol. The minimum absolute atomic E-state index is 0.0102. The predicted octanol–water partition coefficient (Wildman–Crippen LogP) is 4.49. The first-order chi connectivity index (χ1) is 14.3. The van der Waals surface area contributed by atoms with Crippen LogP contribution in [0.4, 0.5) is 13.2 Å². The smallest absolute Gasteiger partial charge is 0.493 e. The van der Waals surface area contributed by atoms with Crippen LogP contribution in [0.15, 0.2) is 27.9 Å². The Morgan fingerprint density at radius 3 is 2.26 bits per heavy atom. The summed E-state index contributed by atoms with van der Waals surface area (Å²) in [6.45, 7) is 1.31. The molecule has 1 aliphatic rings. The van der Waals surface area contributed by atoms with Gasteiger partial charge in [0.25, 0.3) is 0 Å². The summed E-state index contributed by atoms with van der Waals surface area (Å²) in [5.41, 5.74) is -6.53. The molecule has 2 rings (SSSR count). The van der Waals surface area contributed by atoms with Crippen LogP contribution >= 0.6 is 15.9 Å². The van der Waals surface area contributed by atoms with Gasteiger partial charge in [0, 0.05) is 4.47 Å². The lowest BCUT2D eigenvalue weighted by atomic mass is 9.75. The Balaban J connectivity index is 2.65. The summed E-state index contributed by atoms with van der Waals surface area (Å²) in [5, 5.41) is 0. The van der Waals surface area contributed by atoms with E-state index in [-0.39, 0.29) is 24.8 Å². The average Bonchev–Trinajstić information content (AvgIpc) is 2.70. The molecule has 0 aliphatic heterocycles. The number of benzene rings is 1. The van der Waals surface area contributed by atoms with Crippen molar-refractivity contribution in [2.24, 2.45) is 5.41 Å². The van der Waals surface area contributed by atoms with Gasteiger partial charge in [0.1, 0.15) is 11.2 Å². The van der Waals surface area contributed by atoms with E-state index in [1.807, 2.05) is 0 Å². The van der Waals surface area contributed by atoms with Crippen LogP contribution in [0.25, 0.3) is 0 Å². The third-order valence-corrected chi connectivity index (χ3v) is 6.74. The predicted molar refractivity (Wildman–Crippen MR) is 108 cm³/mol. The molecule has 0 saturated heterocycles. The fraction of sp³-hybridized carbons (Fsp3) is 0.526. The number of esters is 1. The van der Waals surface area contributed by atoms with Crippen LogP contribution in [0.5, 0.6) is 11.5 Å². The Kier molecular flexibility index (Phi) is 7.57. The maximum absolute atomic E-state index is 13.0. The van der Waals surface area contributed by atoms with Crippen LogP contribution in [-0.2, 0) is 30.3 Å². The molecule has 0 heterocycles. The zero-order chi connectivity index (χ0) is 23.6. The van der Waals surface area contributed by atoms with Crippen molar-refractivity contribution in [2.45, 2.75) is 38.1 Å². The normalized spacial score (nSPS) is 19.7. The van der Waals surface area contributed by atoms with Crippen LogP contribution in [0, 0.1) is 5.41 Å². The molecule has 0 saturated carbocycles. The minimum Gasteiger partial charge on any atom is -0.493 e. The Hall–Kier alpha value is -1.95. The van der Waals surface area contributed by atoms with Crippen molar-refractivity contribution in [3.05, 3.63) is 33.5 Å². The van der Waals surface area contributed by atoms with Crippen LogP contribution in [0.2, 0.25) is 0 Å².